The van der Waals surface area contributed by atoms with E-state index in [0.29, 0.717) is 6.04 Å². The lowest BCUT2D eigenvalue weighted by atomic mass is 9.98. The maximum absolute atomic E-state index is 6.22. The molecule has 0 amide bonds. The summed E-state index contributed by atoms with van der Waals surface area (Å²) < 4.78 is 0. The predicted octanol–water partition coefficient (Wildman–Crippen LogP) is 3.04. The monoisotopic (exact) mass is 252 g/mol. The second-order valence-electron chi connectivity index (χ2n) is 4.79. The van der Waals surface area contributed by atoms with E-state index in [2.05, 4.69) is 17.0 Å². The van der Waals surface area contributed by atoms with Crippen LogP contribution in [0.1, 0.15) is 31.2 Å². The van der Waals surface area contributed by atoms with Crippen LogP contribution in [0.2, 0.25) is 5.02 Å². The number of rotatable bonds is 4. The highest BCUT2D eigenvalue weighted by Crippen LogP contribution is 2.24. The molecule has 2 rings (SSSR count). The first-order valence-corrected chi connectivity index (χ1v) is 6.86. The van der Waals surface area contributed by atoms with Crippen LogP contribution in [-0.4, -0.2) is 24.0 Å². The average molecular weight is 253 g/mol. The van der Waals surface area contributed by atoms with Crippen molar-refractivity contribution >= 4 is 11.6 Å². The Balaban J connectivity index is 2.03. The van der Waals surface area contributed by atoms with Crippen LogP contribution in [0, 0.1) is 0 Å². The van der Waals surface area contributed by atoms with E-state index in [1.165, 1.54) is 31.4 Å². The Morgan fingerprint density at radius 2 is 2.12 bits per heavy atom. The van der Waals surface area contributed by atoms with Gasteiger partial charge in [-0.25, -0.2) is 0 Å². The van der Waals surface area contributed by atoms with Crippen molar-refractivity contribution in [3.8, 4) is 0 Å². The smallest absolute Gasteiger partial charge is 0.0451 e. The molecule has 1 atom stereocenters. The normalized spacial score (nSPS) is 21.6. The highest BCUT2D eigenvalue weighted by molar-refractivity contribution is 6.31. The van der Waals surface area contributed by atoms with E-state index in [1.54, 1.807) is 0 Å². The van der Waals surface area contributed by atoms with Gasteiger partial charge in [-0.3, -0.25) is 4.90 Å². The Morgan fingerprint density at radius 1 is 1.29 bits per heavy atom. The number of likely N-dealkylation sites (tertiary alicyclic amines) is 1. The van der Waals surface area contributed by atoms with E-state index in [0.717, 1.165) is 24.5 Å². The van der Waals surface area contributed by atoms with Gasteiger partial charge in [0.25, 0.3) is 0 Å². The highest BCUT2D eigenvalue weighted by atomic mass is 35.5. The summed E-state index contributed by atoms with van der Waals surface area (Å²) in [5.74, 6) is 0. The summed E-state index contributed by atoms with van der Waals surface area (Å²) >= 11 is 6.22. The second-order valence-corrected chi connectivity index (χ2v) is 5.20. The number of nitrogens with zero attached hydrogens (tertiary/aromatic N) is 1. The van der Waals surface area contributed by atoms with Crippen molar-refractivity contribution in [2.45, 2.75) is 38.3 Å². The van der Waals surface area contributed by atoms with E-state index in [1.807, 2.05) is 12.1 Å². The molecule has 0 radical (unpaired) electrons. The SMILES string of the molecule is NCCC1CCCCN1Cc1ccccc1Cl. The van der Waals surface area contributed by atoms with Crippen LogP contribution in [0.4, 0.5) is 0 Å². The van der Waals surface area contributed by atoms with Gasteiger partial charge in [-0.05, 0) is 44.0 Å². The van der Waals surface area contributed by atoms with Gasteiger partial charge in [-0.2, -0.15) is 0 Å². The summed E-state index contributed by atoms with van der Waals surface area (Å²) in [5.41, 5.74) is 6.93. The molecular weight excluding hydrogens is 232 g/mol. The van der Waals surface area contributed by atoms with Crippen molar-refractivity contribution < 1.29 is 0 Å². The van der Waals surface area contributed by atoms with Gasteiger partial charge in [-0.1, -0.05) is 36.2 Å². The molecule has 0 bridgehead atoms. The van der Waals surface area contributed by atoms with Crippen molar-refractivity contribution in [3.63, 3.8) is 0 Å². The van der Waals surface area contributed by atoms with E-state index in [4.69, 9.17) is 17.3 Å². The van der Waals surface area contributed by atoms with E-state index in [-0.39, 0.29) is 0 Å². The first kappa shape index (κ1) is 12.9. The lowest BCUT2D eigenvalue weighted by molar-refractivity contribution is 0.134. The highest BCUT2D eigenvalue weighted by Gasteiger charge is 2.21. The Kier molecular flexibility index (Phi) is 4.84. The molecule has 1 aromatic rings. The van der Waals surface area contributed by atoms with Gasteiger partial charge in [0.1, 0.15) is 0 Å². The van der Waals surface area contributed by atoms with Gasteiger partial charge in [0.15, 0.2) is 0 Å². The molecular formula is C14H21ClN2. The number of halogens is 1. The third-order valence-corrected chi connectivity index (χ3v) is 3.95. The maximum atomic E-state index is 6.22. The zero-order valence-corrected chi connectivity index (χ0v) is 11.0. The lowest BCUT2D eigenvalue weighted by Crippen LogP contribution is -2.40. The molecule has 1 aliphatic heterocycles. The largest absolute Gasteiger partial charge is 0.330 e. The number of benzene rings is 1. The molecule has 94 valence electrons. The minimum absolute atomic E-state index is 0.644. The number of hydrogen-bond acceptors (Lipinski definition) is 2. The van der Waals surface area contributed by atoms with Gasteiger partial charge in [0.05, 0.1) is 0 Å². The molecule has 2 nitrogen and oxygen atoms in total. The molecule has 1 aliphatic rings. The standard InChI is InChI=1S/C14H21ClN2/c15-14-7-2-1-5-12(14)11-17-10-4-3-6-13(17)8-9-16/h1-2,5,7,13H,3-4,6,8-11,16H2. The molecule has 1 aromatic carbocycles. The molecule has 1 saturated heterocycles. The fourth-order valence-corrected chi connectivity index (χ4v) is 2.83. The zero-order chi connectivity index (χ0) is 12.1. The van der Waals surface area contributed by atoms with E-state index < -0.39 is 0 Å². The quantitative estimate of drug-likeness (QED) is 0.893. The first-order valence-electron chi connectivity index (χ1n) is 6.49. The summed E-state index contributed by atoms with van der Waals surface area (Å²) in [5, 5.41) is 0.879. The fourth-order valence-electron chi connectivity index (χ4n) is 2.63. The predicted molar refractivity (Wildman–Crippen MR) is 73.2 cm³/mol. The summed E-state index contributed by atoms with van der Waals surface area (Å²) in [7, 11) is 0. The lowest BCUT2D eigenvalue weighted by Gasteiger charge is -2.35. The molecule has 0 saturated carbocycles. The Hall–Kier alpha value is -0.570. The van der Waals surface area contributed by atoms with Gasteiger partial charge in [0.2, 0.25) is 0 Å². The maximum Gasteiger partial charge on any atom is 0.0451 e. The summed E-state index contributed by atoms with van der Waals surface area (Å²) in [4.78, 5) is 2.54. The van der Waals surface area contributed by atoms with E-state index >= 15 is 0 Å². The molecule has 0 aliphatic carbocycles. The summed E-state index contributed by atoms with van der Waals surface area (Å²) in [6.45, 7) is 2.92. The van der Waals surface area contributed by atoms with E-state index in [9.17, 15) is 0 Å². The van der Waals surface area contributed by atoms with Crippen LogP contribution in [0.25, 0.3) is 0 Å². The van der Waals surface area contributed by atoms with Crippen LogP contribution in [0.15, 0.2) is 24.3 Å². The van der Waals surface area contributed by atoms with Gasteiger partial charge in [-0.15, -0.1) is 0 Å². The van der Waals surface area contributed by atoms with Crippen molar-refractivity contribution in [1.29, 1.82) is 0 Å². The van der Waals surface area contributed by atoms with Crippen LogP contribution in [0.3, 0.4) is 0 Å². The molecule has 1 unspecified atom stereocenters. The van der Waals surface area contributed by atoms with Gasteiger partial charge in [0, 0.05) is 17.6 Å². The third kappa shape index (κ3) is 3.44. The molecule has 3 heteroatoms. The number of piperidine rings is 1. The molecule has 2 N–H and O–H groups in total. The van der Waals surface area contributed by atoms with Crippen LogP contribution >= 0.6 is 11.6 Å². The summed E-state index contributed by atoms with van der Waals surface area (Å²) in [6, 6.07) is 8.78. The number of hydrogen-bond donors (Lipinski definition) is 1. The van der Waals surface area contributed by atoms with Crippen LogP contribution in [0.5, 0.6) is 0 Å². The zero-order valence-electron chi connectivity index (χ0n) is 10.2. The molecule has 1 fully saturated rings. The Labute approximate surface area is 109 Å². The topological polar surface area (TPSA) is 29.3 Å². The molecule has 0 aromatic heterocycles. The van der Waals surface area contributed by atoms with Gasteiger partial charge < -0.3 is 5.73 Å². The molecule has 1 heterocycles. The van der Waals surface area contributed by atoms with Crippen molar-refractivity contribution in [2.75, 3.05) is 13.1 Å². The Morgan fingerprint density at radius 3 is 2.88 bits per heavy atom. The minimum atomic E-state index is 0.644. The number of nitrogens with two attached hydrogens (primary N) is 1. The minimum Gasteiger partial charge on any atom is -0.330 e. The average Bonchev–Trinajstić information content (AvgIpc) is 2.35. The Bertz CT molecular complexity index is 352. The van der Waals surface area contributed by atoms with Crippen molar-refractivity contribution in [2.24, 2.45) is 5.73 Å². The van der Waals surface area contributed by atoms with Crippen molar-refractivity contribution in [3.05, 3.63) is 34.9 Å². The van der Waals surface area contributed by atoms with Crippen molar-refractivity contribution in [1.82, 2.24) is 4.90 Å². The first-order chi connectivity index (χ1) is 8.31. The second kappa shape index (κ2) is 6.39. The molecule has 17 heavy (non-hydrogen) atoms. The summed E-state index contributed by atoms with van der Waals surface area (Å²) in [6.07, 6.45) is 5.02. The fraction of sp³-hybridized carbons (Fsp3) is 0.571. The molecule has 0 spiro atoms. The third-order valence-electron chi connectivity index (χ3n) is 3.58. The van der Waals surface area contributed by atoms with Gasteiger partial charge >= 0.3 is 0 Å². The van der Waals surface area contributed by atoms with Crippen LogP contribution < -0.4 is 5.73 Å². The van der Waals surface area contributed by atoms with Crippen LogP contribution in [-0.2, 0) is 6.54 Å².